The first kappa shape index (κ1) is 19.9. The lowest BCUT2D eigenvalue weighted by Gasteiger charge is -2.25. The molecule has 0 aromatic heterocycles. The first-order valence-electron chi connectivity index (χ1n) is 7.24. The zero-order chi connectivity index (χ0) is 17.0. The number of unbranched alkanes of at least 4 members (excludes halogenated alkanes) is 2. The van der Waals surface area contributed by atoms with Crippen molar-refractivity contribution in [1.29, 1.82) is 0 Å². The van der Waals surface area contributed by atoms with Gasteiger partial charge in [-0.25, -0.2) is 9.59 Å². The number of alkyl carbamates (subject to hydrolysis) is 1. The van der Waals surface area contributed by atoms with Crippen molar-refractivity contribution in [3.63, 3.8) is 0 Å². The van der Waals surface area contributed by atoms with Crippen LogP contribution in [0.5, 0.6) is 0 Å². The first-order valence-corrected chi connectivity index (χ1v) is 7.24. The van der Waals surface area contributed by atoms with Crippen LogP contribution in [-0.2, 0) is 19.1 Å². The second-order valence-electron chi connectivity index (χ2n) is 5.40. The summed E-state index contributed by atoms with van der Waals surface area (Å²) in [6.07, 6.45) is 3.45. The zero-order valence-corrected chi connectivity index (χ0v) is 13.2. The molecule has 22 heavy (non-hydrogen) atoms. The molecule has 0 saturated carbocycles. The van der Waals surface area contributed by atoms with Crippen molar-refractivity contribution < 1.29 is 29.0 Å². The molecule has 0 heterocycles. The van der Waals surface area contributed by atoms with E-state index in [-0.39, 0.29) is 19.6 Å². The van der Waals surface area contributed by atoms with Crippen molar-refractivity contribution in [3.8, 4) is 0 Å². The summed E-state index contributed by atoms with van der Waals surface area (Å²) in [6, 6.07) is 0. The van der Waals surface area contributed by atoms with Gasteiger partial charge in [0.2, 0.25) is 0 Å². The van der Waals surface area contributed by atoms with Crippen LogP contribution in [0.25, 0.3) is 0 Å². The van der Waals surface area contributed by atoms with Crippen LogP contribution in [-0.4, -0.2) is 41.9 Å². The molecule has 0 rings (SSSR count). The molecule has 0 aliphatic heterocycles. The summed E-state index contributed by atoms with van der Waals surface area (Å²) in [5.41, 5.74) is -0.634. The Morgan fingerprint density at radius 3 is 2.50 bits per heavy atom. The average Bonchev–Trinajstić information content (AvgIpc) is 2.41. The maximum Gasteiger partial charge on any atom is 0.407 e. The molecule has 0 spiro atoms. The Morgan fingerprint density at radius 1 is 1.23 bits per heavy atom. The number of rotatable bonds is 11. The lowest BCUT2D eigenvalue weighted by Crippen LogP contribution is -2.36. The van der Waals surface area contributed by atoms with Crippen molar-refractivity contribution >= 4 is 18.0 Å². The number of carbonyl (C=O) groups is 3. The number of carboxylic acids is 1. The van der Waals surface area contributed by atoms with Crippen molar-refractivity contribution in [2.75, 3.05) is 13.2 Å². The fourth-order valence-electron chi connectivity index (χ4n) is 1.71. The predicted molar refractivity (Wildman–Crippen MR) is 80.4 cm³/mol. The fraction of sp³-hybridized carbons (Fsp3) is 0.667. The summed E-state index contributed by atoms with van der Waals surface area (Å²) in [5.74, 6) is -1.34. The molecule has 0 aromatic carbocycles. The van der Waals surface area contributed by atoms with Gasteiger partial charge >= 0.3 is 18.0 Å². The van der Waals surface area contributed by atoms with Gasteiger partial charge in [-0.15, -0.1) is 0 Å². The Bertz CT molecular complexity index is 391. The number of nitrogens with one attached hydrogen (secondary N) is 1. The summed E-state index contributed by atoms with van der Waals surface area (Å²) in [4.78, 5) is 32.7. The summed E-state index contributed by atoms with van der Waals surface area (Å²) in [5, 5.41) is 11.0. The van der Waals surface area contributed by atoms with Gasteiger partial charge in [-0.3, -0.25) is 4.79 Å². The van der Waals surface area contributed by atoms with Gasteiger partial charge < -0.3 is 19.9 Å². The quantitative estimate of drug-likeness (QED) is 0.344. The molecule has 0 bridgehead atoms. The molecule has 0 radical (unpaired) electrons. The minimum Gasteiger partial charge on any atom is -0.481 e. The monoisotopic (exact) mass is 315 g/mol. The molecule has 0 aliphatic rings. The van der Waals surface area contributed by atoms with Gasteiger partial charge in [0.1, 0.15) is 12.2 Å². The van der Waals surface area contributed by atoms with E-state index in [1.807, 2.05) is 0 Å². The van der Waals surface area contributed by atoms with Crippen LogP contribution >= 0.6 is 0 Å². The molecule has 126 valence electrons. The maximum atomic E-state index is 11.6. The van der Waals surface area contributed by atoms with E-state index in [0.717, 1.165) is 18.9 Å². The van der Waals surface area contributed by atoms with Crippen LogP contribution in [0.1, 0.15) is 46.0 Å². The highest BCUT2D eigenvalue weighted by Gasteiger charge is 2.22. The van der Waals surface area contributed by atoms with Crippen LogP contribution in [0.4, 0.5) is 4.79 Å². The van der Waals surface area contributed by atoms with E-state index in [1.165, 1.54) is 0 Å². The smallest absolute Gasteiger partial charge is 0.407 e. The molecule has 1 amide bonds. The predicted octanol–water partition coefficient (Wildman–Crippen LogP) is 2.26. The highest BCUT2D eigenvalue weighted by atomic mass is 16.6. The fourth-order valence-corrected chi connectivity index (χ4v) is 1.71. The van der Waals surface area contributed by atoms with E-state index in [4.69, 9.17) is 14.6 Å². The molecular formula is C15H25NO6. The van der Waals surface area contributed by atoms with Crippen LogP contribution in [0.15, 0.2) is 12.7 Å². The number of carbonyl (C=O) groups excluding carboxylic acids is 2. The number of esters is 1. The van der Waals surface area contributed by atoms with E-state index in [1.54, 1.807) is 13.8 Å². The van der Waals surface area contributed by atoms with Gasteiger partial charge in [0.25, 0.3) is 0 Å². The van der Waals surface area contributed by atoms with Gasteiger partial charge in [0.05, 0.1) is 6.54 Å². The molecule has 0 atom stereocenters. The third-order valence-electron chi connectivity index (χ3n) is 2.82. The highest BCUT2D eigenvalue weighted by molar-refractivity contribution is 5.81. The van der Waals surface area contributed by atoms with Gasteiger partial charge in [0.15, 0.2) is 0 Å². The lowest BCUT2D eigenvalue weighted by atomic mass is 10.00. The number of carboxylic acid groups (broad SMARTS) is 1. The Balaban J connectivity index is 3.78. The zero-order valence-electron chi connectivity index (χ0n) is 13.2. The average molecular weight is 315 g/mol. The van der Waals surface area contributed by atoms with Crippen molar-refractivity contribution in [2.24, 2.45) is 0 Å². The number of aliphatic carboxylic acids is 1. The second-order valence-corrected chi connectivity index (χ2v) is 5.40. The van der Waals surface area contributed by atoms with Gasteiger partial charge in [0, 0.05) is 12.5 Å². The number of hydrogen-bond donors (Lipinski definition) is 2. The highest BCUT2D eigenvalue weighted by Crippen LogP contribution is 2.19. The lowest BCUT2D eigenvalue weighted by molar-refractivity contribution is -0.138. The molecule has 0 aromatic rings. The summed E-state index contributed by atoms with van der Waals surface area (Å²) in [7, 11) is 0. The molecule has 0 aliphatic carbocycles. The van der Waals surface area contributed by atoms with E-state index in [2.05, 4.69) is 11.9 Å². The van der Waals surface area contributed by atoms with Crippen LogP contribution in [0.2, 0.25) is 0 Å². The SMILES string of the molecule is C=CC(=O)OCCNC(=O)OC(C)(C)CCCCCC(=O)O. The van der Waals surface area contributed by atoms with E-state index >= 15 is 0 Å². The van der Waals surface area contributed by atoms with Crippen molar-refractivity contribution in [2.45, 2.75) is 51.6 Å². The minimum atomic E-state index is -0.799. The van der Waals surface area contributed by atoms with E-state index < -0.39 is 23.6 Å². The van der Waals surface area contributed by atoms with Gasteiger partial charge in [-0.1, -0.05) is 13.0 Å². The summed E-state index contributed by atoms with van der Waals surface area (Å²) < 4.78 is 9.98. The number of ether oxygens (including phenoxy) is 2. The second kappa shape index (κ2) is 10.6. The Labute approximate surface area is 130 Å². The molecular weight excluding hydrogens is 290 g/mol. The third kappa shape index (κ3) is 11.7. The van der Waals surface area contributed by atoms with Crippen LogP contribution < -0.4 is 5.32 Å². The molecule has 7 nitrogen and oxygen atoms in total. The van der Waals surface area contributed by atoms with Crippen LogP contribution in [0, 0.1) is 0 Å². The molecule has 2 N–H and O–H groups in total. The normalized spacial score (nSPS) is 10.6. The van der Waals surface area contributed by atoms with Gasteiger partial charge in [-0.2, -0.15) is 0 Å². The van der Waals surface area contributed by atoms with Crippen molar-refractivity contribution in [1.82, 2.24) is 5.32 Å². The Kier molecular flexibility index (Phi) is 9.65. The Hall–Kier alpha value is -2.05. The minimum absolute atomic E-state index is 0.0512. The maximum absolute atomic E-state index is 11.6. The first-order chi connectivity index (χ1) is 10.3. The Morgan fingerprint density at radius 2 is 1.91 bits per heavy atom. The van der Waals surface area contributed by atoms with Gasteiger partial charge in [-0.05, 0) is 33.1 Å². The molecule has 7 heteroatoms. The number of hydrogen-bond acceptors (Lipinski definition) is 5. The van der Waals surface area contributed by atoms with E-state index in [9.17, 15) is 14.4 Å². The molecule has 0 fully saturated rings. The number of amides is 1. The summed E-state index contributed by atoms with van der Waals surface area (Å²) >= 11 is 0. The largest absolute Gasteiger partial charge is 0.481 e. The van der Waals surface area contributed by atoms with Crippen molar-refractivity contribution in [3.05, 3.63) is 12.7 Å². The summed E-state index contributed by atoms with van der Waals surface area (Å²) in [6.45, 7) is 7.05. The third-order valence-corrected chi connectivity index (χ3v) is 2.82. The standard InChI is InChI=1S/C15H25NO6/c1-4-13(19)21-11-10-16-14(20)22-15(2,3)9-7-5-6-8-12(17)18/h4H,1,5-11H2,2-3H3,(H,16,20)(H,17,18). The molecule has 0 saturated heterocycles. The molecule has 0 unspecified atom stereocenters. The topological polar surface area (TPSA) is 102 Å². The van der Waals surface area contributed by atoms with E-state index in [0.29, 0.717) is 12.8 Å². The van der Waals surface area contributed by atoms with Crippen LogP contribution in [0.3, 0.4) is 0 Å².